The van der Waals surface area contributed by atoms with Crippen molar-refractivity contribution in [3.8, 4) is 5.75 Å². The van der Waals surface area contributed by atoms with Gasteiger partial charge in [-0.2, -0.15) is 0 Å². The molecule has 100 valence electrons. The zero-order chi connectivity index (χ0) is 14.1. The van der Waals surface area contributed by atoms with Crippen LogP contribution in [0.25, 0.3) is 0 Å². The maximum absolute atomic E-state index is 13.7. The second kappa shape index (κ2) is 5.26. The molecular formula is C13H16BrFO3. The van der Waals surface area contributed by atoms with Crippen molar-refractivity contribution in [2.24, 2.45) is 5.41 Å². The van der Waals surface area contributed by atoms with Crippen molar-refractivity contribution in [3.05, 3.63) is 27.5 Å². The van der Waals surface area contributed by atoms with E-state index in [1.54, 1.807) is 20.8 Å². The SMILES string of the molecule is COc1c(Br)cc(F)c(C)c1CC(C)(C)C(=O)O. The number of benzene rings is 1. The number of aliphatic carboxylic acids is 1. The minimum atomic E-state index is -0.981. The van der Waals surface area contributed by atoms with E-state index in [-0.39, 0.29) is 12.2 Å². The molecule has 0 aliphatic heterocycles. The third-order valence-electron chi connectivity index (χ3n) is 2.96. The van der Waals surface area contributed by atoms with Gasteiger partial charge in [0.1, 0.15) is 11.6 Å². The van der Waals surface area contributed by atoms with Gasteiger partial charge in [0.2, 0.25) is 0 Å². The molecular weight excluding hydrogens is 303 g/mol. The maximum atomic E-state index is 13.7. The van der Waals surface area contributed by atoms with Crippen LogP contribution in [0, 0.1) is 18.2 Å². The van der Waals surface area contributed by atoms with Gasteiger partial charge in [-0.3, -0.25) is 4.79 Å². The van der Waals surface area contributed by atoms with Crippen LogP contribution in [-0.4, -0.2) is 18.2 Å². The molecule has 0 unspecified atom stereocenters. The predicted octanol–water partition coefficient (Wildman–Crippen LogP) is 3.56. The van der Waals surface area contributed by atoms with E-state index in [0.717, 1.165) is 0 Å². The summed E-state index contributed by atoms with van der Waals surface area (Å²) in [6, 6.07) is 1.32. The van der Waals surface area contributed by atoms with Crippen molar-refractivity contribution < 1.29 is 19.0 Å². The van der Waals surface area contributed by atoms with Crippen molar-refractivity contribution in [1.82, 2.24) is 0 Å². The Morgan fingerprint density at radius 3 is 2.56 bits per heavy atom. The molecule has 0 radical (unpaired) electrons. The van der Waals surface area contributed by atoms with Crippen LogP contribution in [0.4, 0.5) is 4.39 Å². The van der Waals surface area contributed by atoms with Crippen molar-refractivity contribution in [3.63, 3.8) is 0 Å². The smallest absolute Gasteiger partial charge is 0.309 e. The van der Waals surface area contributed by atoms with Crippen molar-refractivity contribution in [1.29, 1.82) is 0 Å². The Morgan fingerprint density at radius 2 is 2.11 bits per heavy atom. The highest BCUT2D eigenvalue weighted by molar-refractivity contribution is 9.10. The van der Waals surface area contributed by atoms with E-state index in [1.807, 2.05) is 0 Å². The van der Waals surface area contributed by atoms with E-state index in [2.05, 4.69) is 15.9 Å². The fraction of sp³-hybridized carbons (Fsp3) is 0.462. The highest BCUT2D eigenvalue weighted by Gasteiger charge is 2.30. The van der Waals surface area contributed by atoms with Gasteiger partial charge in [0.25, 0.3) is 0 Å². The lowest BCUT2D eigenvalue weighted by Crippen LogP contribution is -2.27. The standard InChI is InChI=1S/C13H16BrFO3/c1-7-8(6-13(2,3)12(16)17)11(18-4)9(14)5-10(7)15/h5H,6H2,1-4H3,(H,16,17). The summed E-state index contributed by atoms with van der Waals surface area (Å²) in [4.78, 5) is 11.2. The van der Waals surface area contributed by atoms with E-state index < -0.39 is 11.4 Å². The summed E-state index contributed by atoms with van der Waals surface area (Å²) >= 11 is 3.22. The maximum Gasteiger partial charge on any atom is 0.309 e. The number of rotatable bonds is 4. The van der Waals surface area contributed by atoms with Gasteiger partial charge in [-0.1, -0.05) is 0 Å². The number of carboxylic acids is 1. The Hall–Kier alpha value is -1.10. The van der Waals surface area contributed by atoms with Crippen LogP contribution in [0.1, 0.15) is 25.0 Å². The Kier molecular flexibility index (Phi) is 4.37. The lowest BCUT2D eigenvalue weighted by Gasteiger charge is -2.22. The van der Waals surface area contributed by atoms with Gasteiger partial charge in [-0.15, -0.1) is 0 Å². The molecule has 0 fully saturated rings. The Balaban J connectivity index is 3.35. The summed E-state index contributed by atoms with van der Waals surface area (Å²) in [5.74, 6) is -0.813. The van der Waals surface area contributed by atoms with Gasteiger partial charge in [0.05, 0.1) is 17.0 Å². The van der Waals surface area contributed by atoms with Gasteiger partial charge in [0, 0.05) is 5.56 Å². The number of ether oxygens (including phenoxy) is 1. The average molecular weight is 319 g/mol. The summed E-state index contributed by atoms with van der Waals surface area (Å²) in [6.07, 6.45) is 0.202. The zero-order valence-corrected chi connectivity index (χ0v) is 12.4. The molecule has 0 amide bonds. The topological polar surface area (TPSA) is 46.5 Å². The molecule has 0 spiro atoms. The van der Waals surface area contributed by atoms with E-state index in [0.29, 0.717) is 21.3 Å². The monoisotopic (exact) mass is 318 g/mol. The number of halogens is 2. The van der Waals surface area contributed by atoms with Crippen LogP contribution in [0.15, 0.2) is 10.5 Å². The largest absolute Gasteiger partial charge is 0.495 e. The predicted molar refractivity (Wildman–Crippen MR) is 70.5 cm³/mol. The number of hydrogen-bond donors (Lipinski definition) is 1. The molecule has 0 aromatic heterocycles. The normalized spacial score (nSPS) is 11.4. The van der Waals surface area contributed by atoms with Gasteiger partial charge in [0.15, 0.2) is 0 Å². The Labute approximate surface area is 114 Å². The molecule has 5 heteroatoms. The van der Waals surface area contributed by atoms with Crippen LogP contribution < -0.4 is 4.74 Å². The van der Waals surface area contributed by atoms with E-state index in [1.165, 1.54) is 13.2 Å². The molecule has 3 nitrogen and oxygen atoms in total. The van der Waals surface area contributed by atoms with Crippen molar-refractivity contribution in [2.75, 3.05) is 7.11 Å². The summed E-state index contributed by atoms with van der Waals surface area (Å²) < 4.78 is 19.4. The quantitative estimate of drug-likeness (QED) is 0.923. The molecule has 0 atom stereocenters. The van der Waals surface area contributed by atoms with Gasteiger partial charge in [-0.05, 0) is 54.8 Å². The molecule has 1 aromatic rings. The highest BCUT2D eigenvalue weighted by atomic mass is 79.9. The number of carboxylic acid groups (broad SMARTS) is 1. The lowest BCUT2D eigenvalue weighted by molar-refractivity contribution is -0.146. The first-order valence-corrected chi connectivity index (χ1v) is 6.25. The first kappa shape index (κ1) is 15.0. The summed E-state index contributed by atoms with van der Waals surface area (Å²) in [5, 5.41) is 9.15. The number of hydrogen-bond acceptors (Lipinski definition) is 2. The van der Waals surface area contributed by atoms with Crippen molar-refractivity contribution >= 4 is 21.9 Å². The average Bonchev–Trinajstić information content (AvgIpc) is 2.25. The first-order valence-electron chi connectivity index (χ1n) is 5.45. The van der Waals surface area contributed by atoms with Gasteiger partial charge < -0.3 is 9.84 Å². The van der Waals surface area contributed by atoms with Gasteiger partial charge in [-0.25, -0.2) is 4.39 Å². The highest BCUT2D eigenvalue weighted by Crippen LogP contribution is 2.37. The third-order valence-corrected chi connectivity index (χ3v) is 3.55. The summed E-state index contributed by atoms with van der Waals surface area (Å²) in [6.45, 7) is 4.83. The molecule has 0 saturated carbocycles. The van der Waals surface area contributed by atoms with Crippen LogP contribution in [-0.2, 0) is 11.2 Å². The Morgan fingerprint density at radius 1 is 1.56 bits per heavy atom. The summed E-state index contributed by atoms with van der Waals surface area (Å²) in [5.41, 5.74) is 0.0202. The minimum absolute atomic E-state index is 0.202. The fourth-order valence-electron chi connectivity index (χ4n) is 1.69. The van der Waals surface area contributed by atoms with Crippen molar-refractivity contribution in [2.45, 2.75) is 27.2 Å². The molecule has 18 heavy (non-hydrogen) atoms. The minimum Gasteiger partial charge on any atom is -0.495 e. The molecule has 0 aliphatic rings. The second-order valence-corrected chi connectivity index (χ2v) is 5.70. The molecule has 1 N–H and O–H groups in total. The van der Waals surface area contributed by atoms with Gasteiger partial charge >= 0.3 is 5.97 Å². The molecule has 0 bridgehead atoms. The van der Waals surface area contributed by atoms with E-state index >= 15 is 0 Å². The van der Waals surface area contributed by atoms with Crippen LogP contribution in [0.5, 0.6) is 5.75 Å². The molecule has 1 aromatic carbocycles. The molecule has 0 saturated heterocycles. The lowest BCUT2D eigenvalue weighted by atomic mass is 9.84. The van der Waals surface area contributed by atoms with Crippen LogP contribution in [0.3, 0.4) is 0 Å². The molecule has 0 heterocycles. The first-order chi connectivity index (χ1) is 8.20. The van der Waals surface area contributed by atoms with Crippen LogP contribution >= 0.6 is 15.9 Å². The zero-order valence-electron chi connectivity index (χ0n) is 10.8. The fourth-order valence-corrected chi connectivity index (χ4v) is 2.30. The number of methoxy groups -OCH3 is 1. The second-order valence-electron chi connectivity index (χ2n) is 4.84. The van der Waals surface area contributed by atoms with Crippen LogP contribution in [0.2, 0.25) is 0 Å². The molecule has 0 aliphatic carbocycles. The number of carbonyl (C=O) groups is 1. The van der Waals surface area contributed by atoms with E-state index in [9.17, 15) is 9.18 Å². The third kappa shape index (κ3) is 2.83. The summed E-state index contributed by atoms with van der Waals surface area (Å²) in [7, 11) is 1.48. The Bertz CT molecular complexity index is 484. The molecule has 1 rings (SSSR count). The van der Waals surface area contributed by atoms with E-state index in [4.69, 9.17) is 9.84 Å².